The molecule has 0 bridgehead atoms. The van der Waals surface area contributed by atoms with Gasteiger partial charge in [-0.25, -0.2) is 0 Å². The van der Waals surface area contributed by atoms with E-state index in [0.717, 1.165) is 10.5 Å². The van der Waals surface area contributed by atoms with E-state index in [0.29, 0.717) is 11.8 Å². The topological polar surface area (TPSA) is 18.5 Å². The largest absolute Gasteiger partial charge is 0.494 e. The summed E-state index contributed by atoms with van der Waals surface area (Å²) in [6, 6.07) is 17.0. The minimum atomic E-state index is -0.301. The molecule has 0 aromatic heterocycles. The molecule has 1 heterocycles. The van der Waals surface area contributed by atoms with Crippen molar-refractivity contribution in [2.45, 2.75) is 57.2 Å². The Kier molecular flexibility index (Phi) is 4.03. The van der Waals surface area contributed by atoms with Crippen LogP contribution in [0, 0.1) is 0 Å². The van der Waals surface area contributed by atoms with Crippen LogP contribution in [-0.2, 0) is 9.31 Å². The molecule has 2 fully saturated rings. The predicted octanol–water partition coefficient (Wildman–Crippen LogP) is 4.91. The van der Waals surface area contributed by atoms with Gasteiger partial charge in [0.2, 0.25) is 0 Å². The van der Waals surface area contributed by atoms with Crippen molar-refractivity contribution in [1.29, 1.82) is 0 Å². The molecule has 2 aromatic rings. The Morgan fingerprint density at radius 1 is 0.880 bits per heavy atom. The van der Waals surface area contributed by atoms with Crippen LogP contribution in [0.25, 0.3) is 0 Å². The molecule has 2 aromatic carbocycles. The third-order valence-corrected chi connectivity index (χ3v) is 6.19. The first-order chi connectivity index (χ1) is 11.8. The molecule has 1 saturated carbocycles. The number of hydrogen-bond acceptors (Lipinski definition) is 2. The van der Waals surface area contributed by atoms with Gasteiger partial charge in [-0.2, -0.15) is 0 Å². The summed E-state index contributed by atoms with van der Waals surface area (Å²) in [6.45, 7) is 8.34. The average Bonchev–Trinajstić information content (AvgIpc) is 3.30. The molecule has 4 rings (SSSR count). The highest BCUT2D eigenvalue weighted by atomic mass is 35.5. The molecule has 25 heavy (non-hydrogen) atoms. The summed E-state index contributed by atoms with van der Waals surface area (Å²) >= 11 is 6.12. The van der Waals surface area contributed by atoms with Crippen molar-refractivity contribution >= 4 is 24.2 Å². The number of rotatable bonds is 3. The first kappa shape index (κ1) is 17.1. The summed E-state index contributed by atoms with van der Waals surface area (Å²) in [4.78, 5) is 0. The summed E-state index contributed by atoms with van der Waals surface area (Å²) in [5.74, 6) is 1.17. The number of halogens is 1. The monoisotopic (exact) mass is 354 g/mol. The van der Waals surface area contributed by atoms with Gasteiger partial charge in [0.1, 0.15) is 0 Å². The fraction of sp³-hybridized carbons (Fsp3) is 0.429. The van der Waals surface area contributed by atoms with Gasteiger partial charge in [-0.3, -0.25) is 0 Å². The summed E-state index contributed by atoms with van der Waals surface area (Å²) in [7, 11) is -0.290. The lowest BCUT2D eigenvalue weighted by atomic mass is 9.78. The van der Waals surface area contributed by atoms with Crippen molar-refractivity contribution in [3.63, 3.8) is 0 Å². The van der Waals surface area contributed by atoms with E-state index in [1.165, 1.54) is 17.5 Å². The maximum Gasteiger partial charge on any atom is 0.494 e. The highest BCUT2D eigenvalue weighted by molar-refractivity contribution is 6.62. The summed E-state index contributed by atoms with van der Waals surface area (Å²) in [5.41, 5.74) is 3.20. The molecule has 2 atom stereocenters. The van der Waals surface area contributed by atoms with E-state index < -0.39 is 0 Å². The Balaban J connectivity index is 1.47. The van der Waals surface area contributed by atoms with Crippen molar-refractivity contribution < 1.29 is 9.31 Å². The van der Waals surface area contributed by atoms with Crippen molar-refractivity contribution in [3.05, 3.63) is 64.7 Å². The SMILES string of the molecule is CC1(C)OB(c2ccc(C3CC3c3cccc(Cl)c3)cc2)OC1(C)C. The van der Waals surface area contributed by atoms with E-state index in [1.54, 1.807) is 0 Å². The number of benzene rings is 2. The Bertz CT molecular complexity index is 769. The fourth-order valence-corrected chi connectivity index (χ4v) is 3.75. The van der Waals surface area contributed by atoms with Gasteiger partial charge in [-0.15, -0.1) is 0 Å². The van der Waals surface area contributed by atoms with Crippen LogP contribution in [0.5, 0.6) is 0 Å². The lowest BCUT2D eigenvalue weighted by molar-refractivity contribution is 0.00578. The molecule has 4 heteroatoms. The molecular formula is C21H24BClO2. The van der Waals surface area contributed by atoms with Gasteiger partial charge in [-0.05, 0) is 74.7 Å². The Morgan fingerprint density at radius 2 is 1.48 bits per heavy atom. The Labute approximate surface area is 155 Å². The Hall–Kier alpha value is -1.29. The predicted molar refractivity (Wildman–Crippen MR) is 104 cm³/mol. The van der Waals surface area contributed by atoms with Crippen LogP contribution < -0.4 is 5.46 Å². The zero-order valence-corrected chi connectivity index (χ0v) is 16.0. The van der Waals surface area contributed by atoms with Crippen LogP contribution >= 0.6 is 11.6 Å². The lowest BCUT2D eigenvalue weighted by Crippen LogP contribution is -2.41. The van der Waals surface area contributed by atoms with Gasteiger partial charge in [0.25, 0.3) is 0 Å². The van der Waals surface area contributed by atoms with E-state index >= 15 is 0 Å². The van der Waals surface area contributed by atoms with Gasteiger partial charge < -0.3 is 9.31 Å². The van der Waals surface area contributed by atoms with E-state index in [-0.39, 0.29) is 18.3 Å². The van der Waals surface area contributed by atoms with Gasteiger partial charge >= 0.3 is 7.12 Å². The summed E-state index contributed by atoms with van der Waals surface area (Å²) in [6.07, 6.45) is 1.19. The smallest absolute Gasteiger partial charge is 0.399 e. The first-order valence-corrected chi connectivity index (χ1v) is 9.36. The van der Waals surface area contributed by atoms with Crippen LogP contribution in [0.4, 0.5) is 0 Å². The fourth-order valence-electron chi connectivity index (χ4n) is 3.55. The van der Waals surface area contributed by atoms with E-state index in [4.69, 9.17) is 20.9 Å². The van der Waals surface area contributed by atoms with E-state index in [9.17, 15) is 0 Å². The molecule has 2 unspecified atom stereocenters. The Morgan fingerprint density at radius 3 is 2.08 bits per heavy atom. The second-order valence-corrected chi connectivity index (χ2v) is 8.70. The van der Waals surface area contributed by atoms with Crippen LogP contribution in [0.2, 0.25) is 5.02 Å². The van der Waals surface area contributed by atoms with Crippen molar-refractivity contribution in [2.75, 3.05) is 0 Å². The average molecular weight is 355 g/mol. The zero-order chi connectivity index (χ0) is 17.8. The first-order valence-electron chi connectivity index (χ1n) is 8.98. The molecule has 130 valence electrons. The summed E-state index contributed by atoms with van der Waals surface area (Å²) < 4.78 is 12.3. The zero-order valence-electron chi connectivity index (χ0n) is 15.3. The minimum absolute atomic E-state index is 0.290. The van der Waals surface area contributed by atoms with Gasteiger partial charge in [0.15, 0.2) is 0 Å². The van der Waals surface area contributed by atoms with Gasteiger partial charge in [0, 0.05) is 5.02 Å². The molecule has 2 nitrogen and oxygen atoms in total. The molecule has 1 aliphatic carbocycles. The number of hydrogen-bond donors (Lipinski definition) is 0. The van der Waals surface area contributed by atoms with Crippen molar-refractivity contribution in [2.24, 2.45) is 0 Å². The molecular weight excluding hydrogens is 330 g/mol. The van der Waals surface area contributed by atoms with Crippen molar-refractivity contribution in [3.8, 4) is 0 Å². The molecule has 0 amide bonds. The molecule has 1 saturated heterocycles. The molecule has 0 N–H and O–H groups in total. The van der Waals surface area contributed by atoms with Gasteiger partial charge in [0.05, 0.1) is 11.2 Å². The van der Waals surface area contributed by atoms with E-state index in [2.05, 4.69) is 64.1 Å². The lowest BCUT2D eigenvalue weighted by Gasteiger charge is -2.32. The molecule has 1 aliphatic heterocycles. The summed E-state index contributed by atoms with van der Waals surface area (Å²) in [5, 5.41) is 0.819. The quantitative estimate of drug-likeness (QED) is 0.729. The molecule has 0 radical (unpaired) electrons. The molecule has 0 spiro atoms. The maximum atomic E-state index is 6.13. The van der Waals surface area contributed by atoms with E-state index in [1.807, 2.05) is 12.1 Å². The third kappa shape index (κ3) is 3.14. The maximum absolute atomic E-state index is 6.13. The van der Waals surface area contributed by atoms with Crippen LogP contribution in [0.3, 0.4) is 0 Å². The normalized spacial score (nSPS) is 26.7. The highest BCUT2D eigenvalue weighted by Gasteiger charge is 2.51. The second-order valence-electron chi connectivity index (χ2n) is 8.26. The molecule has 2 aliphatic rings. The van der Waals surface area contributed by atoms with Crippen LogP contribution in [0.15, 0.2) is 48.5 Å². The highest BCUT2D eigenvalue weighted by Crippen LogP contribution is 2.54. The third-order valence-electron chi connectivity index (χ3n) is 5.96. The second kappa shape index (κ2) is 5.87. The van der Waals surface area contributed by atoms with Crippen LogP contribution in [-0.4, -0.2) is 18.3 Å². The van der Waals surface area contributed by atoms with Gasteiger partial charge in [-0.1, -0.05) is 48.0 Å². The minimum Gasteiger partial charge on any atom is -0.399 e. The van der Waals surface area contributed by atoms with Crippen LogP contribution in [0.1, 0.15) is 57.1 Å². The van der Waals surface area contributed by atoms with Crippen molar-refractivity contribution in [1.82, 2.24) is 0 Å². The standard InChI is InChI=1S/C21H24BClO2/c1-20(2)21(3,4)25-22(24-20)16-10-8-14(9-11-16)18-13-19(18)15-6-5-7-17(23)12-15/h5-12,18-19H,13H2,1-4H3.